The van der Waals surface area contributed by atoms with Gasteiger partial charge in [-0.3, -0.25) is 4.90 Å². The largest absolute Gasteiger partial charge is 0.504 e. The Labute approximate surface area is 160 Å². The normalized spacial score (nSPS) is 24.4. The summed E-state index contributed by atoms with van der Waals surface area (Å²) < 4.78 is 10.9. The lowest BCUT2D eigenvalue weighted by atomic mass is 9.70. The number of fused-ring (bicyclic) bond motifs is 4. The maximum absolute atomic E-state index is 11.0. The van der Waals surface area contributed by atoms with Crippen molar-refractivity contribution in [3.8, 4) is 17.2 Å². The summed E-state index contributed by atoms with van der Waals surface area (Å²) in [6.45, 7) is 1.03. The highest BCUT2D eigenvalue weighted by Crippen LogP contribution is 2.54. The predicted molar refractivity (Wildman–Crippen MR) is 105 cm³/mol. The fourth-order valence-corrected chi connectivity index (χ4v) is 5.33. The van der Waals surface area contributed by atoms with Crippen LogP contribution in [0.1, 0.15) is 53.6 Å². The van der Waals surface area contributed by atoms with Crippen LogP contribution in [0.4, 0.5) is 0 Å². The Hall–Kier alpha value is -2.20. The minimum absolute atomic E-state index is 0.290. The first-order valence-corrected chi connectivity index (χ1v) is 10.0. The number of hydrogen-bond donors (Lipinski definition) is 1. The van der Waals surface area contributed by atoms with Gasteiger partial charge in [0.1, 0.15) is 5.75 Å². The van der Waals surface area contributed by atoms with Gasteiger partial charge < -0.3 is 14.6 Å². The first-order chi connectivity index (χ1) is 13.2. The van der Waals surface area contributed by atoms with Gasteiger partial charge in [0.05, 0.1) is 14.2 Å². The van der Waals surface area contributed by atoms with Gasteiger partial charge in [-0.2, -0.15) is 0 Å². The highest BCUT2D eigenvalue weighted by molar-refractivity contribution is 5.54. The van der Waals surface area contributed by atoms with Gasteiger partial charge in [0.2, 0.25) is 0 Å². The van der Waals surface area contributed by atoms with Gasteiger partial charge in [-0.05, 0) is 66.5 Å². The second-order valence-electron chi connectivity index (χ2n) is 8.10. The molecule has 2 heterocycles. The number of nitrogens with zero attached hydrogens (tertiary/aromatic N) is 1. The predicted octanol–water partition coefficient (Wildman–Crippen LogP) is 4.41. The van der Waals surface area contributed by atoms with Gasteiger partial charge in [0.15, 0.2) is 11.5 Å². The summed E-state index contributed by atoms with van der Waals surface area (Å²) >= 11 is 0. The highest BCUT2D eigenvalue weighted by atomic mass is 16.5. The Morgan fingerprint density at radius 2 is 1.89 bits per heavy atom. The van der Waals surface area contributed by atoms with Crippen molar-refractivity contribution >= 4 is 0 Å². The average molecular weight is 365 g/mol. The molecule has 2 atom stereocenters. The van der Waals surface area contributed by atoms with Crippen molar-refractivity contribution in [3.63, 3.8) is 0 Å². The number of rotatable bonds is 3. The summed E-state index contributed by atoms with van der Waals surface area (Å²) in [5, 5.41) is 11.0. The summed E-state index contributed by atoms with van der Waals surface area (Å²) in [4.78, 5) is 2.65. The van der Waals surface area contributed by atoms with Crippen molar-refractivity contribution in [3.05, 3.63) is 52.6 Å². The first-order valence-electron chi connectivity index (χ1n) is 10.0. The summed E-state index contributed by atoms with van der Waals surface area (Å²) in [6, 6.07) is 11.3. The molecule has 0 saturated heterocycles. The Morgan fingerprint density at radius 1 is 1.04 bits per heavy atom. The molecular formula is C23H27NO3. The van der Waals surface area contributed by atoms with E-state index in [-0.39, 0.29) is 6.04 Å². The molecule has 4 nitrogen and oxygen atoms in total. The van der Waals surface area contributed by atoms with E-state index in [1.54, 1.807) is 14.2 Å². The number of ether oxygens (including phenoxy) is 2. The van der Waals surface area contributed by atoms with Crippen LogP contribution in [-0.2, 0) is 12.8 Å². The third kappa shape index (κ3) is 2.53. The van der Waals surface area contributed by atoms with E-state index in [2.05, 4.69) is 29.2 Å². The van der Waals surface area contributed by atoms with Crippen LogP contribution >= 0.6 is 0 Å². The van der Waals surface area contributed by atoms with Crippen molar-refractivity contribution in [1.82, 2.24) is 4.90 Å². The summed E-state index contributed by atoms with van der Waals surface area (Å²) in [5.41, 5.74) is 5.22. The number of methoxy groups -OCH3 is 2. The zero-order valence-electron chi connectivity index (χ0n) is 16.1. The second kappa shape index (κ2) is 6.45. The zero-order valence-corrected chi connectivity index (χ0v) is 16.1. The highest BCUT2D eigenvalue weighted by Gasteiger charge is 2.44. The Morgan fingerprint density at radius 3 is 2.59 bits per heavy atom. The second-order valence-corrected chi connectivity index (χ2v) is 8.10. The smallest absolute Gasteiger partial charge is 0.162 e. The van der Waals surface area contributed by atoms with Crippen molar-refractivity contribution < 1.29 is 14.6 Å². The van der Waals surface area contributed by atoms with E-state index in [1.807, 2.05) is 6.07 Å². The number of hydrogen-bond acceptors (Lipinski definition) is 4. The molecule has 0 aromatic heterocycles. The van der Waals surface area contributed by atoms with Crippen molar-refractivity contribution in [1.29, 1.82) is 0 Å². The van der Waals surface area contributed by atoms with E-state index in [4.69, 9.17) is 9.47 Å². The molecule has 2 aromatic rings. The molecule has 0 bridgehead atoms. The molecule has 1 N–H and O–H groups in total. The summed E-state index contributed by atoms with van der Waals surface area (Å²) in [5.74, 6) is 2.52. The summed E-state index contributed by atoms with van der Waals surface area (Å²) in [7, 11) is 3.37. The fraction of sp³-hybridized carbons (Fsp3) is 0.478. The standard InChI is InChI=1S/C23H27NO3/c1-26-17-7-8-18-15(12-17)10-11-24-19(18)13-16-6-9-20(27-2)23(25)21(16)22(24)14-4-3-5-14/h6-9,12,14,19,22,25H,3-5,10-11,13H2,1-2H3/t19-,22+/m0/s1. The number of phenols is 1. The van der Waals surface area contributed by atoms with Crippen LogP contribution in [0.15, 0.2) is 30.3 Å². The molecule has 0 radical (unpaired) electrons. The van der Waals surface area contributed by atoms with E-state index in [9.17, 15) is 5.11 Å². The minimum Gasteiger partial charge on any atom is -0.504 e. The van der Waals surface area contributed by atoms with Crippen LogP contribution in [-0.4, -0.2) is 30.8 Å². The Kier molecular flexibility index (Phi) is 4.05. The Balaban J connectivity index is 1.63. The van der Waals surface area contributed by atoms with Crippen molar-refractivity contribution in [2.24, 2.45) is 5.92 Å². The number of phenolic OH excluding ortho intramolecular Hbond substituents is 1. The van der Waals surface area contributed by atoms with E-state index >= 15 is 0 Å². The van der Waals surface area contributed by atoms with E-state index in [1.165, 1.54) is 36.0 Å². The molecule has 1 aliphatic carbocycles. The van der Waals surface area contributed by atoms with E-state index in [0.717, 1.165) is 30.7 Å². The number of aromatic hydroxyl groups is 1. The molecule has 2 aliphatic heterocycles. The van der Waals surface area contributed by atoms with Gasteiger partial charge in [-0.1, -0.05) is 18.6 Å². The molecule has 0 unspecified atom stereocenters. The first kappa shape index (κ1) is 16.9. The molecule has 1 fully saturated rings. The van der Waals surface area contributed by atoms with Gasteiger partial charge >= 0.3 is 0 Å². The molecule has 2 aromatic carbocycles. The van der Waals surface area contributed by atoms with Gasteiger partial charge in [0, 0.05) is 24.2 Å². The quantitative estimate of drug-likeness (QED) is 0.875. The SMILES string of the molecule is COc1ccc2c(c1)CCN1[C@H]2Cc2ccc(OC)c(O)c2[C@H]1C1CCC1. The molecule has 0 spiro atoms. The monoisotopic (exact) mass is 365 g/mol. The molecule has 142 valence electrons. The third-order valence-corrected chi connectivity index (χ3v) is 6.90. The average Bonchev–Trinajstić information content (AvgIpc) is 2.66. The van der Waals surface area contributed by atoms with Crippen LogP contribution in [0.3, 0.4) is 0 Å². The topological polar surface area (TPSA) is 41.9 Å². The van der Waals surface area contributed by atoms with Crippen LogP contribution in [0.5, 0.6) is 17.2 Å². The van der Waals surface area contributed by atoms with E-state index in [0.29, 0.717) is 23.5 Å². The number of benzene rings is 2. The molecule has 27 heavy (non-hydrogen) atoms. The lowest BCUT2D eigenvalue weighted by Gasteiger charge is -2.51. The molecule has 5 rings (SSSR count). The molecule has 4 heteroatoms. The van der Waals surface area contributed by atoms with Crippen molar-refractivity contribution in [2.75, 3.05) is 20.8 Å². The van der Waals surface area contributed by atoms with E-state index < -0.39 is 0 Å². The maximum atomic E-state index is 11.0. The fourth-order valence-electron chi connectivity index (χ4n) is 5.33. The molecule has 3 aliphatic rings. The van der Waals surface area contributed by atoms with Crippen LogP contribution < -0.4 is 9.47 Å². The third-order valence-electron chi connectivity index (χ3n) is 6.90. The zero-order chi connectivity index (χ0) is 18.5. The lowest BCUT2D eigenvalue weighted by Crippen LogP contribution is -2.46. The van der Waals surface area contributed by atoms with Crippen molar-refractivity contribution in [2.45, 2.75) is 44.2 Å². The Bertz CT molecular complexity index is 874. The van der Waals surface area contributed by atoms with Gasteiger partial charge in [0.25, 0.3) is 0 Å². The molecule has 0 amide bonds. The molecule has 1 saturated carbocycles. The lowest BCUT2D eigenvalue weighted by molar-refractivity contribution is 0.0363. The molecular weight excluding hydrogens is 338 g/mol. The van der Waals surface area contributed by atoms with Crippen LogP contribution in [0.2, 0.25) is 0 Å². The van der Waals surface area contributed by atoms with Gasteiger partial charge in [-0.25, -0.2) is 0 Å². The van der Waals surface area contributed by atoms with Crippen LogP contribution in [0.25, 0.3) is 0 Å². The van der Waals surface area contributed by atoms with Gasteiger partial charge in [-0.15, -0.1) is 0 Å². The summed E-state index contributed by atoms with van der Waals surface area (Å²) in [6.07, 6.45) is 5.77. The minimum atomic E-state index is 0.290. The maximum Gasteiger partial charge on any atom is 0.162 e. The van der Waals surface area contributed by atoms with Crippen LogP contribution in [0, 0.1) is 5.92 Å².